The molecule has 0 aliphatic rings. The van der Waals surface area contributed by atoms with E-state index in [1.54, 1.807) is 31.2 Å². The minimum atomic E-state index is -3.78. The number of carbonyl (C=O) groups is 2. The molecule has 0 spiro atoms. The number of primary sulfonamides is 1. The van der Waals surface area contributed by atoms with Gasteiger partial charge in [-0.1, -0.05) is 24.3 Å². The number of sulfonamides is 1. The minimum absolute atomic E-state index is 0.0173. The molecule has 1 amide bonds. The fraction of sp³-hybridized carbons (Fsp3) is 0.300. The van der Waals surface area contributed by atoms with Crippen LogP contribution in [0.4, 0.5) is 0 Å². The van der Waals surface area contributed by atoms with Crippen molar-refractivity contribution < 1.29 is 27.5 Å². The number of carbonyl (C=O) groups excluding carboxylic acids is 2. The average Bonchev–Trinajstić information content (AvgIpc) is 2.65. The first-order valence-corrected chi connectivity index (χ1v) is 10.4. The van der Waals surface area contributed by atoms with Crippen molar-refractivity contribution in [1.82, 2.24) is 5.32 Å². The lowest BCUT2D eigenvalue weighted by Gasteiger charge is -2.16. The van der Waals surface area contributed by atoms with E-state index >= 15 is 0 Å². The molecule has 0 radical (unpaired) electrons. The Bertz CT molecular complexity index is 973. The lowest BCUT2D eigenvalue weighted by atomic mass is 10.1. The van der Waals surface area contributed by atoms with Crippen molar-refractivity contribution in [2.24, 2.45) is 5.14 Å². The van der Waals surface area contributed by atoms with E-state index in [0.717, 1.165) is 5.56 Å². The molecule has 29 heavy (non-hydrogen) atoms. The van der Waals surface area contributed by atoms with Gasteiger partial charge in [-0.25, -0.2) is 18.4 Å². The van der Waals surface area contributed by atoms with Crippen LogP contribution in [0.1, 0.15) is 31.0 Å². The summed E-state index contributed by atoms with van der Waals surface area (Å²) in [6.45, 7) is 4.71. The zero-order valence-corrected chi connectivity index (χ0v) is 17.2. The van der Waals surface area contributed by atoms with Gasteiger partial charge in [-0.2, -0.15) is 0 Å². The summed E-state index contributed by atoms with van der Waals surface area (Å²) in [7, 11) is -3.78. The molecular weight excluding hydrogens is 396 g/mol. The van der Waals surface area contributed by atoms with E-state index < -0.39 is 40.7 Å². The largest absolute Gasteiger partial charge is 0.479 e. The molecule has 2 aromatic carbocycles. The molecule has 2 atom stereocenters. The Labute approximate surface area is 170 Å². The lowest BCUT2D eigenvalue weighted by molar-refractivity contribution is -0.154. The van der Waals surface area contributed by atoms with Crippen LogP contribution in [0.25, 0.3) is 0 Å². The summed E-state index contributed by atoms with van der Waals surface area (Å²) < 4.78 is 33.1. The standard InChI is InChI=1S/C20H24N2O6S/c1-13-5-4-6-17(11-13)28-15(3)20(24)27-12-19(23)22-14(2)16-7-9-18(10-8-16)29(21,25)26/h4-11,14-15H,12H2,1-3H3,(H,22,23)(H2,21,25,26)/t14-,15+/m1/s1. The Morgan fingerprint density at radius 2 is 1.76 bits per heavy atom. The highest BCUT2D eigenvalue weighted by molar-refractivity contribution is 7.89. The third-order valence-electron chi connectivity index (χ3n) is 4.07. The quantitative estimate of drug-likeness (QED) is 0.628. The highest BCUT2D eigenvalue weighted by Crippen LogP contribution is 2.16. The highest BCUT2D eigenvalue weighted by atomic mass is 32.2. The second-order valence-electron chi connectivity index (χ2n) is 6.59. The molecule has 2 rings (SSSR count). The number of hydrogen-bond donors (Lipinski definition) is 2. The maximum Gasteiger partial charge on any atom is 0.347 e. The monoisotopic (exact) mass is 420 g/mol. The number of amides is 1. The van der Waals surface area contributed by atoms with Gasteiger partial charge in [0.1, 0.15) is 5.75 Å². The van der Waals surface area contributed by atoms with Crippen molar-refractivity contribution in [2.45, 2.75) is 37.8 Å². The first-order valence-electron chi connectivity index (χ1n) is 8.88. The Kier molecular flexibility index (Phi) is 7.35. The molecule has 3 N–H and O–H groups in total. The minimum Gasteiger partial charge on any atom is -0.479 e. The number of esters is 1. The molecule has 156 valence electrons. The van der Waals surface area contributed by atoms with E-state index in [2.05, 4.69) is 5.32 Å². The van der Waals surface area contributed by atoms with Gasteiger partial charge >= 0.3 is 5.97 Å². The molecule has 0 saturated carbocycles. The first-order chi connectivity index (χ1) is 13.6. The third kappa shape index (κ3) is 6.88. The SMILES string of the molecule is Cc1cccc(O[C@@H](C)C(=O)OCC(=O)N[C@H](C)c2ccc(S(N)(=O)=O)cc2)c1. The number of hydrogen-bond acceptors (Lipinski definition) is 6. The molecular formula is C20H24N2O6S. The predicted molar refractivity (Wildman–Crippen MR) is 107 cm³/mol. The van der Waals surface area contributed by atoms with Crippen LogP contribution in [-0.4, -0.2) is 33.0 Å². The zero-order chi connectivity index (χ0) is 21.6. The number of nitrogens with two attached hydrogens (primary N) is 1. The molecule has 8 nitrogen and oxygen atoms in total. The Hall–Kier alpha value is -2.91. The van der Waals surface area contributed by atoms with E-state index in [0.29, 0.717) is 11.3 Å². The number of rotatable bonds is 8. The Morgan fingerprint density at radius 1 is 1.10 bits per heavy atom. The van der Waals surface area contributed by atoms with Gasteiger partial charge in [0.05, 0.1) is 10.9 Å². The maximum absolute atomic E-state index is 12.0. The van der Waals surface area contributed by atoms with Gasteiger partial charge in [-0.3, -0.25) is 4.79 Å². The van der Waals surface area contributed by atoms with Crippen LogP contribution in [-0.2, 0) is 24.3 Å². The Balaban J connectivity index is 1.83. The number of benzene rings is 2. The van der Waals surface area contributed by atoms with Gasteiger partial charge in [0.25, 0.3) is 5.91 Å². The molecule has 2 aromatic rings. The summed E-state index contributed by atoms with van der Waals surface area (Å²) in [5, 5.41) is 7.72. The molecule has 0 saturated heterocycles. The van der Waals surface area contributed by atoms with Crippen molar-refractivity contribution in [3.05, 3.63) is 59.7 Å². The molecule has 0 heterocycles. The normalized spacial score (nSPS) is 13.2. The number of ether oxygens (including phenoxy) is 2. The summed E-state index contributed by atoms with van der Waals surface area (Å²) in [6.07, 6.45) is -0.868. The summed E-state index contributed by atoms with van der Waals surface area (Å²) in [5.74, 6) is -0.619. The predicted octanol–water partition coefficient (Wildman–Crippen LogP) is 1.83. The van der Waals surface area contributed by atoms with Gasteiger partial charge in [0, 0.05) is 0 Å². The van der Waals surface area contributed by atoms with Crippen molar-refractivity contribution in [3.63, 3.8) is 0 Å². The third-order valence-corrected chi connectivity index (χ3v) is 5.00. The summed E-state index contributed by atoms with van der Waals surface area (Å²) >= 11 is 0. The summed E-state index contributed by atoms with van der Waals surface area (Å²) in [5.41, 5.74) is 1.67. The number of aryl methyl sites for hydroxylation is 1. The molecule has 0 aromatic heterocycles. The van der Waals surface area contributed by atoms with Crippen LogP contribution >= 0.6 is 0 Å². The first kappa shape index (κ1) is 22.4. The van der Waals surface area contributed by atoms with Crippen LogP contribution in [0.15, 0.2) is 53.4 Å². The van der Waals surface area contributed by atoms with Gasteiger partial charge in [0.2, 0.25) is 10.0 Å². The fourth-order valence-electron chi connectivity index (χ4n) is 2.51. The Morgan fingerprint density at radius 3 is 2.34 bits per heavy atom. The van der Waals surface area contributed by atoms with Crippen LogP contribution in [0.5, 0.6) is 5.75 Å². The highest BCUT2D eigenvalue weighted by Gasteiger charge is 2.19. The maximum atomic E-state index is 12.0. The van der Waals surface area contributed by atoms with E-state index in [9.17, 15) is 18.0 Å². The molecule has 0 aliphatic carbocycles. The van der Waals surface area contributed by atoms with Crippen molar-refractivity contribution in [1.29, 1.82) is 0 Å². The summed E-state index contributed by atoms with van der Waals surface area (Å²) in [4.78, 5) is 24.0. The van der Waals surface area contributed by atoms with Gasteiger partial charge in [-0.05, 0) is 56.2 Å². The molecule has 0 aliphatic heterocycles. The van der Waals surface area contributed by atoms with E-state index in [1.807, 2.05) is 19.1 Å². The van der Waals surface area contributed by atoms with Crippen LogP contribution < -0.4 is 15.2 Å². The summed E-state index contributed by atoms with van der Waals surface area (Å²) in [6, 6.07) is 12.6. The topological polar surface area (TPSA) is 125 Å². The van der Waals surface area contributed by atoms with Gasteiger partial charge in [-0.15, -0.1) is 0 Å². The zero-order valence-electron chi connectivity index (χ0n) is 16.4. The molecule has 0 bridgehead atoms. The van der Waals surface area contributed by atoms with Crippen LogP contribution in [0.3, 0.4) is 0 Å². The van der Waals surface area contributed by atoms with Gasteiger partial charge < -0.3 is 14.8 Å². The number of nitrogens with one attached hydrogen (secondary N) is 1. The average molecular weight is 420 g/mol. The second kappa shape index (κ2) is 9.53. The van der Waals surface area contributed by atoms with Crippen LogP contribution in [0, 0.1) is 6.92 Å². The smallest absolute Gasteiger partial charge is 0.347 e. The van der Waals surface area contributed by atoms with E-state index in [4.69, 9.17) is 14.6 Å². The van der Waals surface area contributed by atoms with Crippen molar-refractivity contribution in [2.75, 3.05) is 6.61 Å². The van der Waals surface area contributed by atoms with Gasteiger partial charge in [0.15, 0.2) is 12.7 Å². The molecule has 0 fully saturated rings. The lowest BCUT2D eigenvalue weighted by Crippen LogP contribution is -2.34. The van der Waals surface area contributed by atoms with E-state index in [1.165, 1.54) is 19.1 Å². The fourth-order valence-corrected chi connectivity index (χ4v) is 3.02. The van der Waals surface area contributed by atoms with Crippen LogP contribution in [0.2, 0.25) is 0 Å². The second-order valence-corrected chi connectivity index (χ2v) is 8.15. The molecule has 9 heteroatoms. The van der Waals surface area contributed by atoms with Crippen molar-refractivity contribution >= 4 is 21.9 Å². The molecule has 0 unspecified atom stereocenters. The van der Waals surface area contributed by atoms with E-state index in [-0.39, 0.29) is 4.90 Å². The van der Waals surface area contributed by atoms with Crippen molar-refractivity contribution in [3.8, 4) is 5.75 Å².